The molecule has 0 unspecified atom stereocenters. The summed E-state index contributed by atoms with van der Waals surface area (Å²) in [6, 6.07) is 24.7. The summed E-state index contributed by atoms with van der Waals surface area (Å²) in [5.41, 5.74) is 4.06. The van der Waals surface area contributed by atoms with Gasteiger partial charge in [-0.25, -0.2) is 0 Å². The van der Waals surface area contributed by atoms with Crippen LogP contribution in [0.4, 0.5) is 0 Å². The van der Waals surface area contributed by atoms with E-state index in [1.807, 2.05) is 85.8 Å². The van der Waals surface area contributed by atoms with Gasteiger partial charge in [-0.2, -0.15) is 0 Å². The van der Waals surface area contributed by atoms with Gasteiger partial charge in [0.25, 0.3) is 0 Å². The molecule has 3 aromatic rings. The van der Waals surface area contributed by atoms with E-state index in [2.05, 4.69) is 5.32 Å². The van der Waals surface area contributed by atoms with E-state index in [9.17, 15) is 9.59 Å². The molecule has 166 valence electrons. The zero-order valence-corrected chi connectivity index (χ0v) is 19.3. The molecule has 0 aliphatic carbocycles. The molecule has 32 heavy (non-hydrogen) atoms. The van der Waals surface area contributed by atoms with Gasteiger partial charge in [-0.15, -0.1) is 0 Å². The molecule has 0 radical (unpaired) electrons. The molecule has 0 saturated carbocycles. The van der Waals surface area contributed by atoms with Crippen LogP contribution in [0.1, 0.15) is 28.7 Å². The summed E-state index contributed by atoms with van der Waals surface area (Å²) in [5.74, 6) is -0.244. The van der Waals surface area contributed by atoms with Crippen LogP contribution in [0.2, 0.25) is 5.02 Å². The first-order chi connectivity index (χ1) is 15.5. The van der Waals surface area contributed by atoms with Gasteiger partial charge >= 0.3 is 0 Å². The Hall–Kier alpha value is -3.11. The van der Waals surface area contributed by atoms with Gasteiger partial charge in [0.15, 0.2) is 0 Å². The average Bonchev–Trinajstić information content (AvgIpc) is 2.82. The number of nitrogens with one attached hydrogen (secondary N) is 1. The van der Waals surface area contributed by atoms with Crippen LogP contribution in [0.5, 0.6) is 0 Å². The zero-order valence-electron chi connectivity index (χ0n) is 18.6. The van der Waals surface area contributed by atoms with Crippen molar-refractivity contribution >= 4 is 23.4 Å². The fourth-order valence-electron chi connectivity index (χ4n) is 3.78. The first-order valence-electron chi connectivity index (χ1n) is 10.8. The van der Waals surface area contributed by atoms with Crippen molar-refractivity contribution in [2.75, 3.05) is 7.05 Å². The molecule has 1 atom stereocenters. The number of benzene rings is 3. The van der Waals surface area contributed by atoms with E-state index in [0.29, 0.717) is 24.4 Å². The van der Waals surface area contributed by atoms with Gasteiger partial charge in [0.05, 0.1) is 0 Å². The molecule has 0 aromatic heterocycles. The Bertz CT molecular complexity index is 1050. The third-order valence-electron chi connectivity index (χ3n) is 5.69. The second-order valence-corrected chi connectivity index (χ2v) is 8.27. The molecule has 4 nitrogen and oxygen atoms in total. The molecule has 1 N–H and O–H groups in total. The molecular weight excluding hydrogens is 420 g/mol. The van der Waals surface area contributed by atoms with Crippen molar-refractivity contribution in [3.63, 3.8) is 0 Å². The predicted octanol–water partition coefficient (Wildman–Crippen LogP) is 4.97. The molecule has 5 heteroatoms. The van der Waals surface area contributed by atoms with Gasteiger partial charge in [-0.05, 0) is 41.7 Å². The minimum absolute atomic E-state index is 0.0716. The van der Waals surface area contributed by atoms with Gasteiger partial charge in [-0.3, -0.25) is 9.59 Å². The number of likely N-dealkylation sites (N-methyl/N-ethyl adjacent to an activating group) is 1. The largest absolute Gasteiger partial charge is 0.357 e. The zero-order chi connectivity index (χ0) is 22.9. The van der Waals surface area contributed by atoms with Gasteiger partial charge in [0.2, 0.25) is 11.8 Å². The molecule has 0 bridgehead atoms. The second-order valence-electron chi connectivity index (χ2n) is 7.86. The second kappa shape index (κ2) is 11.5. The molecule has 0 spiro atoms. The Labute approximate surface area is 195 Å². The number of hydrogen-bond acceptors (Lipinski definition) is 2. The molecule has 3 aromatic carbocycles. The van der Waals surface area contributed by atoms with Gasteiger partial charge in [0, 0.05) is 31.5 Å². The fraction of sp³-hybridized carbons (Fsp3) is 0.259. The average molecular weight is 449 g/mol. The van der Waals surface area contributed by atoms with E-state index in [4.69, 9.17) is 11.6 Å². The Morgan fingerprint density at radius 2 is 1.53 bits per heavy atom. The molecule has 0 saturated heterocycles. The van der Waals surface area contributed by atoms with E-state index < -0.39 is 6.04 Å². The first-order valence-corrected chi connectivity index (χ1v) is 11.2. The summed E-state index contributed by atoms with van der Waals surface area (Å²) in [5, 5.41) is 3.40. The maximum Gasteiger partial charge on any atom is 0.242 e. The quantitative estimate of drug-likeness (QED) is 0.502. The van der Waals surface area contributed by atoms with Crippen molar-refractivity contribution in [1.29, 1.82) is 0 Å². The fourth-order valence-corrected chi connectivity index (χ4v) is 4.01. The molecule has 0 aliphatic rings. The van der Waals surface area contributed by atoms with Crippen molar-refractivity contribution in [3.05, 3.63) is 106 Å². The number of amides is 2. The minimum Gasteiger partial charge on any atom is -0.357 e. The maximum absolute atomic E-state index is 13.5. The van der Waals surface area contributed by atoms with Crippen LogP contribution >= 0.6 is 11.6 Å². The molecule has 0 fully saturated rings. The molecule has 2 amide bonds. The number of aryl methyl sites for hydroxylation is 2. The Morgan fingerprint density at radius 3 is 2.19 bits per heavy atom. The lowest BCUT2D eigenvalue weighted by molar-refractivity contribution is -0.141. The smallest absolute Gasteiger partial charge is 0.242 e. The van der Waals surface area contributed by atoms with Crippen molar-refractivity contribution in [2.45, 2.75) is 38.8 Å². The topological polar surface area (TPSA) is 49.4 Å². The van der Waals surface area contributed by atoms with Gasteiger partial charge in [0.1, 0.15) is 6.04 Å². The summed E-state index contributed by atoms with van der Waals surface area (Å²) < 4.78 is 0. The van der Waals surface area contributed by atoms with Gasteiger partial charge in [-0.1, -0.05) is 84.4 Å². The Morgan fingerprint density at radius 1 is 0.906 bits per heavy atom. The predicted molar refractivity (Wildman–Crippen MR) is 130 cm³/mol. The number of halogens is 1. The molecule has 3 rings (SSSR count). The number of carbonyl (C=O) groups is 2. The summed E-state index contributed by atoms with van der Waals surface area (Å²) in [4.78, 5) is 28.2. The van der Waals surface area contributed by atoms with Crippen molar-refractivity contribution < 1.29 is 9.59 Å². The standard InChI is InChI=1S/C27H29ClN2O2/c1-20-10-6-7-14-23(20)19-30(26(31)17-16-22-13-8-9-15-24(22)28)25(27(32)29-2)18-21-11-4-3-5-12-21/h3-15,25H,16-19H2,1-2H3,(H,29,32)/t25-/m0/s1. The SMILES string of the molecule is CNC(=O)[C@H](Cc1ccccc1)N(Cc1ccccc1C)C(=O)CCc1ccccc1Cl. The van der Waals surface area contributed by atoms with Gasteiger partial charge < -0.3 is 10.2 Å². The van der Waals surface area contributed by atoms with Crippen molar-refractivity contribution in [2.24, 2.45) is 0 Å². The summed E-state index contributed by atoms with van der Waals surface area (Å²) in [7, 11) is 1.61. The monoisotopic (exact) mass is 448 g/mol. The highest BCUT2D eigenvalue weighted by Crippen LogP contribution is 2.20. The number of hydrogen-bond donors (Lipinski definition) is 1. The molecule has 0 heterocycles. The third-order valence-corrected chi connectivity index (χ3v) is 6.05. The van der Waals surface area contributed by atoms with Crippen LogP contribution in [0.15, 0.2) is 78.9 Å². The highest BCUT2D eigenvalue weighted by molar-refractivity contribution is 6.31. The van der Waals surface area contributed by atoms with Crippen molar-refractivity contribution in [1.82, 2.24) is 10.2 Å². The summed E-state index contributed by atoms with van der Waals surface area (Å²) >= 11 is 6.29. The normalized spacial score (nSPS) is 11.6. The van der Waals surface area contributed by atoms with Crippen LogP contribution in [-0.2, 0) is 29.0 Å². The first kappa shape index (κ1) is 23.6. The van der Waals surface area contributed by atoms with E-state index in [0.717, 1.165) is 22.3 Å². The lowest BCUT2D eigenvalue weighted by atomic mass is 10.0. The third kappa shape index (κ3) is 6.21. The van der Waals surface area contributed by atoms with E-state index in [1.54, 1.807) is 11.9 Å². The lowest BCUT2D eigenvalue weighted by Crippen LogP contribution is -2.49. The van der Waals surface area contributed by atoms with Crippen LogP contribution in [0.3, 0.4) is 0 Å². The highest BCUT2D eigenvalue weighted by atomic mass is 35.5. The maximum atomic E-state index is 13.5. The molecule has 0 aliphatic heterocycles. The minimum atomic E-state index is -0.610. The van der Waals surface area contributed by atoms with E-state index in [-0.39, 0.29) is 18.2 Å². The van der Waals surface area contributed by atoms with E-state index in [1.165, 1.54) is 0 Å². The number of rotatable bonds is 9. The summed E-state index contributed by atoms with van der Waals surface area (Å²) in [6.45, 7) is 2.40. The van der Waals surface area contributed by atoms with Crippen LogP contribution in [0.25, 0.3) is 0 Å². The van der Waals surface area contributed by atoms with Crippen LogP contribution in [0, 0.1) is 6.92 Å². The Kier molecular flexibility index (Phi) is 8.46. The van der Waals surface area contributed by atoms with Crippen molar-refractivity contribution in [3.8, 4) is 0 Å². The van der Waals surface area contributed by atoms with E-state index >= 15 is 0 Å². The Balaban J connectivity index is 1.89. The molecular formula is C27H29ClN2O2. The lowest BCUT2D eigenvalue weighted by Gasteiger charge is -2.31. The number of carbonyl (C=O) groups excluding carboxylic acids is 2. The van der Waals surface area contributed by atoms with Crippen LogP contribution < -0.4 is 5.32 Å². The highest BCUT2D eigenvalue weighted by Gasteiger charge is 2.29. The number of nitrogens with zero attached hydrogens (tertiary/aromatic N) is 1. The summed E-state index contributed by atoms with van der Waals surface area (Å²) in [6.07, 6.45) is 1.25. The van der Waals surface area contributed by atoms with Crippen LogP contribution in [-0.4, -0.2) is 29.8 Å².